The fourth-order valence-corrected chi connectivity index (χ4v) is 3.18. The van der Waals surface area contributed by atoms with Crippen LogP contribution in [0.5, 0.6) is 0 Å². The second-order valence-electron chi connectivity index (χ2n) is 6.63. The Hall–Kier alpha value is -0.340. The first-order valence-electron chi connectivity index (χ1n) is 6.87. The molecule has 1 saturated heterocycles. The molecule has 1 aliphatic carbocycles. The lowest BCUT2D eigenvalue weighted by Gasteiger charge is -2.37. The van der Waals surface area contributed by atoms with Crippen molar-refractivity contribution in [2.45, 2.75) is 77.1 Å². The van der Waals surface area contributed by atoms with E-state index in [1.54, 1.807) is 0 Å². The van der Waals surface area contributed by atoms with Gasteiger partial charge in [-0.2, -0.15) is 0 Å². The summed E-state index contributed by atoms with van der Waals surface area (Å²) in [7, 11) is 0. The van der Waals surface area contributed by atoms with Gasteiger partial charge in [-0.3, -0.25) is 0 Å². The number of hydrogen-bond donors (Lipinski definition) is 1. The van der Waals surface area contributed by atoms with Crippen molar-refractivity contribution in [1.29, 1.82) is 0 Å². The summed E-state index contributed by atoms with van der Waals surface area (Å²) in [4.78, 5) is 0. The quantitative estimate of drug-likeness (QED) is 0.747. The van der Waals surface area contributed by atoms with Crippen molar-refractivity contribution in [2.24, 2.45) is 5.92 Å². The molecule has 2 nitrogen and oxygen atoms in total. The van der Waals surface area contributed by atoms with Gasteiger partial charge in [0.25, 0.3) is 0 Å². The normalized spacial score (nSPS) is 39.2. The third kappa shape index (κ3) is 2.74. The second kappa shape index (κ2) is 4.40. The minimum atomic E-state index is -0.710. The summed E-state index contributed by atoms with van der Waals surface area (Å²) in [6.07, 6.45) is 8.01. The Morgan fingerprint density at radius 2 is 2.12 bits per heavy atom. The van der Waals surface area contributed by atoms with Crippen LogP contribution in [0.25, 0.3) is 0 Å². The first-order chi connectivity index (χ1) is 7.81. The fraction of sp³-hybridized carbons (Fsp3) is 0.867. The third-order valence-corrected chi connectivity index (χ3v) is 4.60. The molecule has 1 N–H and O–H groups in total. The summed E-state index contributed by atoms with van der Waals surface area (Å²) < 4.78 is 6.21. The molecule has 0 saturated carbocycles. The van der Waals surface area contributed by atoms with Gasteiger partial charge in [0.15, 0.2) is 0 Å². The van der Waals surface area contributed by atoms with Crippen LogP contribution in [-0.4, -0.2) is 22.4 Å². The van der Waals surface area contributed by atoms with Crippen molar-refractivity contribution < 1.29 is 9.84 Å². The number of allylic oxidation sites excluding steroid dienone is 2. The van der Waals surface area contributed by atoms with E-state index in [1.165, 1.54) is 18.4 Å². The minimum absolute atomic E-state index is 0.000460. The zero-order valence-electron chi connectivity index (χ0n) is 11.6. The standard InChI is InChI=1S/C15H26O2/c1-11-5-7-12(8-6-11)15(4)10-9-13(17-15)14(2,3)16/h5,12-13,16H,6-10H2,1-4H3/t12-,13-,15-/m0/s1. The van der Waals surface area contributed by atoms with Crippen LogP contribution in [0.15, 0.2) is 11.6 Å². The van der Waals surface area contributed by atoms with Crippen molar-refractivity contribution in [3.05, 3.63) is 11.6 Å². The van der Waals surface area contributed by atoms with E-state index in [1.807, 2.05) is 13.8 Å². The van der Waals surface area contributed by atoms with E-state index in [2.05, 4.69) is 19.9 Å². The Labute approximate surface area is 105 Å². The molecule has 98 valence electrons. The molecule has 3 atom stereocenters. The molecule has 2 heteroatoms. The molecular formula is C15H26O2. The number of aliphatic hydroxyl groups is 1. The molecule has 0 amide bonds. The first kappa shape index (κ1) is 13.1. The molecule has 0 radical (unpaired) electrons. The highest BCUT2D eigenvalue weighted by Crippen LogP contribution is 2.44. The van der Waals surface area contributed by atoms with Crippen molar-refractivity contribution in [1.82, 2.24) is 0 Å². The van der Waals surface area contributed by atoms with E-state index >= 15 is 0 Å². The molecule has 1 heterocycles. The van der Waals surface area contributed by atoms with Gasteiger partial charge >= 0.3 is 0 Å². The molecule has 17 heavy (non-hydrogen) atoms. The van der Waals surface area contributed by atoms with Gasteiger partial charge in [-0.05, 0) is 65.7 Å². The Morgan fingerprint density at radius 3 is 2.59 bits per heavy atom. The van der Waals surface area contributed by atoms with Gasteiger partial charge in [0, 0.05) is 0 Å². The highest BCUT2D eigenvalue weighted by Gasteiger charge is 2.46. The maximum Gasteiger partial charge on any atom is 0.0865 e. The summed E-state index contributed by atoms with van der Waals surface area (Å²) in [6, 6.07) is 0. The van der Waals surface area contributed by atoms with Crippen molar-refractivity contribution >= 4 is 0 Å². The maximum atomic E-state index is 10.1. The van der Waals surface area contributed by atoms with Crippen molar-refractivity contribution in [2.75, 3.05) is 0 Å². The van der Waals surface area contributed by atoms with E-state index in [-0.39, 0.29) is 11.7 Å². The predicted molar refractivity (Wildman–Crippen MR) is 69.9 cm³/mol. The summed E-state index contributed by atoms with van der Waals surface area (Å²) in [5.74, 6) is 0.624. The summed E-state index contributed by atoms with van der Waals surface area (Å²) in [6.45, 7) is 8.16. The van der Waals surface area contributed by atoms with Gasteiger partial charge in [-0.15, -0.1) is 0 Å². The predicted octanol–water partition coefficient (Wildman–Crippen LogP) is 3.44. The zero-order valence-corrected chi connectivity index (χ0v) is 11.6. The lowest BCUT2D eigenvalue weighted by atomic mass is 9.77. The second-order valence-corrected chi connectivity index (χ2v) is 6.63. The molecule has 2 aliphatic rings. The molecule has 0 bridgehead atoms. The average Bonchev–Trinajstić information content (AvgIpc) is 2.62. The third-order valence-electron chi connectivity index (χ3n) is 4.60. The first-order valence-corrected chi connectivity index (χ1v) is 6.87. The van der Waals surface area contributed by atoms with Crippen molar-refractivity contribution in [3.63, 3.8) is 0 Å². The average molecular weight is 238 g/mol. The number of ether oxygens (including phenoxy) is 1. The van der Waals surface area contributed by atoms with Crippen LogP contribution in [-0.2, 0) is 4.74 Å². The van der Waals surface area contributed by atoms with Gasteiger partial charge in [-0.25, -0.2) is 0 Å². The number of rotatable bonds is 2. The largest absolute Gasteiger partial charge is 0.388 e. The Morgan fingerprint density at radius 1 is 1.41 bits per heavy atom. The molecule has 0 aromatic heterocycles. The SMILES string of the molecule is CC1=CC[C@H]([C@]2(C)CC[C@@H](C(C)(C)O)O2)CC1. The fourth-order valence-electron chi connectivity index (χ4n) is 3.18. The monoisotopic (exact) mass is 238 g/mol. The van der Waals surface area contributed by atoms with E-state index in [4.69, 9.17) is 4.74 Å². The van der Waals surface area contributed by atoms with Crippen LogP contribution in [0.4, 0.5) is 0 Å². The molecular weight excluding hydrogens is 212 g/mol. The Bertz CT molecular complexity index is 313. The van der Waals surface area contributed by atoms with Crippen LogP contribution in [0, 0.1) is 5.92 Å². The number of hydrogen-bond acceptors (Lipinski definition) is 2. The van der Waals surface area contributed by atoms with Gasteiger partial charge < -0.3 is 9.84 Å². The maximum absolute atomic E-state index is 10.1. The molecule has 0 aromatic rings. The topological polar surface area (TPSA) is 29.5 Å². The molecule has 1 fully saturated rings. The molecule has 0 unspecified atom stereocenters. The van der Waals surface area contributed by atoms with Gasteiger partial charge in [0.1, 0.15) is 0 Å². The molecule has 0 aromatic carbocycles. The van der Waals surface area contributed by atoms with Crippen LogP contribution in [0.1, 0.15) is 59.8 Å². The van der Waals surface area contributed by atoms with Crippen LogP contribution in [0.3, 0.4) is 0 Å². The van der Waals surface area contributed by atoms with Crippen molar-refractivity contribution in [3.8, 4) is 0 Å². The van der Waals surface area contributed by atoms with Crippen LogP contribution in [0.2, 0.25) is 0 Å². The summed E-state index contributed by atoms with van der Waals surface area (Å²) >= 11 is 0. The van der Waals surface area contributed by atoms with E-state index in [9.17, 15) is 5.11 Å². The minimum Gasteiger partial charge on any atom is -0.388 e. The summed E-state index contributed by atoms with van der Waals surface area (Å²) in [5, 5.41) is 10.1. The van der Waals surface area contributed by atoms with E-state index < -0.39 is 5.60 Å². The van der Waals surface area contributed by atoms with Gasteiger partial charge in [-0.1, -0.05) is 11.6 Å². The highest BCUT2D eigenvalue weighted by molar-refractivity contribution is 5.07. The highest BCUT2D eigenvalue weighted by atomic mass is 16.5. The lowest BCUT2D eigenvalue weighted by Crippen LogP contribution is -2.41. The van der Waals surface area contributed by atoms with Crippen LogP contribution < -0.4 is 0 Å². The van der Waals surface area contributed by atoms with E-state index in [0.29, 0.717) is 5.92 Å². The van der Waals surface area contributed by atoms with E-state index in [0.717, 1.165) is 19.3 Å². The Balaban J connectivity index is 2.02. The molecule has 1 aliphatic heterocycles. The Kier molecular flexibility index (Phi) is 3.39. The zero-order chi connectivity index (χ0) is 12.7. The molecule has 2 rings (SSSR count). The molecule has 0 spiro atoms. The van der Waals surface area contributed by atoms with Crippen LogP contribution >= 0.6 is 0 Å². The summed E-state index contributed by atoms with van der Waals surface area (Å²) in [5.41, 5.74) is 0.780. The lowest BCUT2D eigenvalue weighted by molar-refractivity contribution is -0.135. The van der Waals surface area contributed by atoms with Gasteiger partial charge in [0.2, 0.25) is 0 Å². The van der Waals surface area contributed by atoms with Gasteiger partial charge in [0.05, 0.1) is 17.3 Å². The smallest absolute Gasteiger partial charge is 0.0865 e.